The highest BCUT2D eigenvalue weighted by molar-refractivity contribution is 7.99. The molecule has 1 aliphatic rings. The van der Waals surface area contributed by atoms with Gasteiger partial charge in [-0.2, -0.15) is 0 Å². The average molecular weight is 345 g/mol. The lowest BCUT2D eigenvalue weighted by Gasteiger charge is -2.33. The molecule has 1 atom stereocenters. The van der Waals surface area contributed by atoms with E-state index in [4.69, 9.17) is 5.73 Å². The average Bonchev–Trinajstić information content (AvgIpc) is 2.44. The molecule has 1 amide bonds. The fourth-order valence-corrected chi connectivity index (χ4v) is 3.50. The number of hydrogen-bond donors (Lipinski definition) is 1. The monoisotopic (exact) mass is 344 g/mol. The van der Waals surface area contributed by atoms with Gasteiger partial charge in [-0.1, -0.05) is 11.8 Å². The predicted molar refractivity (Wildman–Crippen MR) is 92.4 cm³/mol. The Morgan fingerprint density at radius 1 is 1.36 bits per heavy atom. The molecule has 124 valence electrons. The first-order valence-corrected chi connectivity index (χ1v) is 8.42. The Labute approximate surface area is 142 Å². The van der Waals surface area contributed by atoms with Gasteiger partial charge in [0.1, 0.15) is 0 Å². The summed E-state index contributed by atoms with van der Waals surface area (Å²) >= 11 is 1.42. The molecule has 0 aromatic carbocycles. The highest BCUT2D eigenvalue weighted by Crippen LogP contribution is 2.21. The number of nitrogens with zero attached hydrogens (tertiary/aromatic N) is 3. The predicted octanol–water partition coefficient (Wildman–Crippen LogP) is 2.19. The molecule has 2 rings (SSSR count). The quantitative estimate of drug-likeness (QED) is 0.669. The molecular weight excluding hydrogens is 320 g/mol. The Kier molecular flexibility index (Phi) is 7.59. The number of rotatable bonds is 4. The third kappa shape index (κ3) is 5.41. The molecule has 2 N–H and O–H groups in total. The van der Waals surface area contributed by atoms with E-state index in [1.54, 1.807) is 0 Å². The minimum atomic E-state index is 0. The van der Waals surface area contributed by atoms with Crippen molar-refractivity contribution in [2.24, 2.45) is 11.7 Å². The topological polar surface area (TPSA) is 72.1 Å². The molecule has 5 nitrogen and oxygen atoms in total. The number of halogens is 1. The lowest BCUT2D eigenvalue weighted by molar-refractivity contribution is -0.129. The largest absolute Gasteiger partial charge is 0.342 e. The zero-order valence-electron chi connectivity index (χ0n) is 13.4. The smallest absolute Gasteiger partial charge is 0.233 e. The molecular formula is C15H25ClN4OS. The van der Waals surface area contributed by atoms with Gasteiger partial charge in [0, 0.05) is 30.5 Å². The Bertz CT molecular complexity index is 484. The Morgan fingerprint density at radius 2 is 1.91 bits per heavy atom. The second-order valence-electron chi connectivity index (χ2n) is 5.80. The highest BCUT2D eigenvalue weighted by atomic mass is 35.5. The maximum Gasteiger partial charge on any atom is 0.233 e. The number of hydrogen-bond acceptors (Lipinski definition) is 5. The van der Waals surface area contributed by atoms with Crippen molar-refractivity contribution >= 4 is 30.1 Å². The first-order valence-electron chi connectivity index (χ1n) is 7.44. The number of likely N-dealkylation sites (tertiary alicyclic amines) is 1. The first-order chi connectivity index (χ1) is 9.95. The summed E-state index contributed by atoms with van der Waals surface area (Å²) < 4.78 is 0. The fraction of sp³-hybridized carbons (Fsp3) is 0.667. The van der Waals surface area contributed by atoms with Crippen LogP contribution < -0.4 is 5.73 Å². The van der Waals surface area contributed by atoms with Gasteiger partial charge in [0.25, 0.3) is 0 Å². The van der Waals surface area contributed by atoms with Gasteiger partial charge >= 0.3 is 0 Å². The molecule has 22 heavy (non-hydrogen) atoms. The van der Waals surface area contributed by atoms with Crippen LogP contribution in [0.5, 0.6) is 0 Å². The van der Waals surface area contributed by atoms with Crippen LogP contribution in [0.4, 0.5) is 0 Å². The molecule has 1 aliphatic heterocycles. The third-order valence-corrected chi connectivity index (χ3v) is 4.75. The molecule has 1 aromatic rings. The Morgan fingerprint density at radius 3 is 2.41 bits per heavy atom. The van der Waals surface area contributed by atoms with Crippen molar-refractivity contribution in [2.75, 3.05) is 18.8 Å². The van der Waals surface area contributed by atoms with Gasteiger partial charge in [-0.3, -0.25) is 4.79 Å². The van der Waals surface area contributed by atoms with Crippen LogP contribution in [0.25, 0.3) is 0 Å². The van der Waals surface area contributed by atoms with E-state index in [9.17, 15) is 4.79 Å². The molecule has 0 bridgehead atoms. The number of aromatic nitrogens is 2. The van der Waals surface area contributed by atoms with Crippen LogP contribution in [0.3, 0.4) is 0 Å². The molecule has 1 aromatic heterocycles. The van der Waals surface area contributed by atoms with Gasteiger partial charge in [-0.25, -0.2) is 9.97 Å². The summed E-state index contributed by atoms with van der Waals surface area (Å²) in [5, 5.41) is 0.686. The van der Waals surface area contributed by atoms with Crippen molar-refractivity contribution in [1.82, 2.24) is 14.9 Å². The van der Waals surface area contributed by atoms with Crippen molar-refractivity contribution in [3.8, 4) is 0 Å². The number of carbonyl (C=O) groups is 1. The molecule has 0 aliphatic carbocycles. The number of aryl methyl sites for hydroxylation is 2. The van der Waals surface area contributed by atoms with Crippen LogP contribution in [0.2, 0.25) is 0 Å². The summed E-state index contributed by atoms with van der Waals surface area (Å²) in [6, 6.07) is 2.16. The summed E-state index contributed by atoms with van der Waals surface area (Å²) in [7, 11) is 0. The van der Waals surface area contributed by atoms with E-state index < -0.39 is 0 Å². The van der Waals surface area contributed by atoms with Crippen LogP contribution in [0.1, 0.15) is 31.2 Å². The Hall–Kier alpha value is -0.850. The number of thioether (sulfide) groups is 1. The van der Waals surface area contributed by atoms with E-state index >= 15 is 0 Å². The summed E-state index contributed by atoms with van der Waals surface area (Å²) in [6.07, 6.45) is 2.02. The standard InChI is InChI=1S/C15H24N4OS.ClH/c1-10-8-11(2)18-15(17-10)21-9-14(20)19-6-4-13(5-7-19)12(3)16;/h8,12-13H,4-7,9,16H2,1-3H3;1H. The van der Waals surface area contributed by atoms with Crippen molar-refractivity contribution < 1.29 is 4.79 Å². The number of carbonyl (C=O) groups excluding carboxylic acids is 1. The van der Waals surface area contributed by atoms with E-state index in [2.05, 4.69) is 16.9 Å². The minimum Gasteiger partial charge on any atom is -0.342 e. The summed E-state index contributed by atoms with van der Waals surface area (Å²) in [5.41, 5.74) is 7.81. The van der Waals surface area contributed by atoms with Crippen LogP contribution in [-0.4, -0.2) is 45.7 Å². The maximum absolute atomic E-state index is 12.2. The minimum absolute atomic E-state index is 0. The summed E-state index contributed by atoms with van der Waals surface area (Å²) in [5.74, 6) is 1.13. The fourth-order valence-electron chi connectivity index (χ4n) is 2.65. The molecule has 0 radical (unpaired) electrons. The van der Waals surface area contributed by atoms with Gasteiger partial charge in [-0.05, 0) is 45.6 Å². The van der Waals surface area contributed by atoms with E-state index in [-0.39, 0.29) is 24.4 Å². The molecule has 7 heteroatoms. The molecule has 1 unspecified atom stereocenters. The normalized spacial score (nSPS) is 17.0. The van der Waals surface area contributed by atoms with Crippen molar-refractivity contribution in [1.29, 1.82) is 0 Å². The van der Waals surface area contributed by atoms with Gasteiger partial charge in [0.2, 0.25) is 5.91 Å². The lowest BCUT2D eigenvalue weighted by atomic mass is 9.91. The summed E-state index contributed by atoms with van der Waals surface area (Å²) in [4.78, 5) is 22.9. The number of piperidine rings is 1. The second kappa shape index (κ2) is 8.70. The van der Waals surface area contributed by atoms with Crippen molar-refractivity contribution in [3.05, 3.63) is 17.5 Å². The summed E-state index contributed by atoms with van der Waals surface area (Å²) in [6.45, 7) is 7.58. The van der Waals surface area contributed by atoms with Gasteiger partial charge in [-0.15, -0.1) is 12.4 Å². The van der Waals surface area contributed by atoms with Crippen LogP contribution >= 0.6 is 24.2 Å². The van der Waals surface area contributed by atoms with Gasteiger partial charge < -0.3 is 10.6 Å². The van der Waals surface area contributed by atoms with Gasteiger partial charge in [0.05, 0.1) is 5.75 Å². The Balaban J connectivity index is 0.00000242. The third-order valence-electron chi connectivity index (χ3n) is 3.92. The van der Waals surface area contributed by atoms with Crippen molar-refractivity contribution in [3.63, 3.8) is 0 Å². The van der Waals surface area contributed by atoms with Crippen LogP contribution in [-0.2, 0) is 4.79 Å². The molecule has 0 saturated carbocycles. The zero-order chi connectivity index (χ0) is 15.4. The zero-order valence-corrected chi connectivity index (χ0v) is 15.0. The molecule has 2 heterocycles. The van der Waals surface area contributed by atoms with Crippen molar-refractivity contribution in [2.45, 2.75) is 44.8 Å². The van der Waals surface area contributed by atoms with E-state index in [1.807, 2.05) is 24.8 Å². The molecule has 0 spiro atoms. The second-order valence-corrected chi connectivity index (χ2v) is 6.74. The SMILES string of the molecule is Cc1cc(C)nc(SCC(=O)N2CCC(C(C)N)CC2)n1.Cl. The van der Waals surface area contributed by atoms with E-state index in [1.165, 1.54) is 11.8 Å². The van der Waals surface area contributed by atoms with E-state index in [0.717, 1.165) is 37.3 Å². The number of amides is 1. The highest BCUT2D eigenvalue weighted by Gasteiger charge is 2.24. The van der Waals surface area contributed by atoms with E-state index in [0.29, 0.717) is 16.8 Å². The maximum atomic E-state index is 12.2. The van der Waals surface area contributed by atoms with Crippen LogP contribution in [0, 0.1) is 19.8 Å². The van der Waals surface area contributed by atoms with Crippen LogP contribution in [0.15, 0.2) is 11.2 Å². The van der Waals surface area contributed by atoms with Gasteiger partial charge in [0.15, 0.2) is 5.16 Å². The number of nitrogens with two attached hydrogens (primary N) is 1. The lowest BCUT2D eigenvalue weighted by Crippen LogP contribution is -2.43. The molecule has 1 saturated heterocycles. The first kappa shape index (κ1) is 19.2. The molecule has 1 fully saturated rings.